The van der Waals surface area contributed by atoms with Crippen LogP contribution in [-0.2, 0) is 25.9 Å². The normalized spacial score (nSPS) is 17.9. The number of aryl methyl sites for hydroxylation is 2. The van der Waals surface area contributed by atoms with Crippen LogP contribution in [0.4, 0.5) is 0 Å². The van der Waals surface area contributed by atoms with E-state index in [2.05, 4.69) is 15.0 Å². The number of fused-ring (bicyclic) bond motifs is 1. The van der Waals surface area contributed by atoms with Crippen LogP contribution in [0.1, 0.15) is 24.1 Å². The lowest BCUT2D eigenvalue weighted by Gasteiger charge is -2.39. The Bertz CT molecular complexity index is 866. The summed E-state index contributed by atoms with van der Waals surface area (Å²) in [6.07, 6.45) is 7.60. The molecule has 0 aromatic carbocycles. The predicted molar refractivity (Wildman–Crippen MR) is 93.6 cm³/mol. The quantitative estimate of drug-likeness (QED) is 0.783. The second kappa shape index (κ2) is 6.92. The number of hydrogen-bond acceptors (Lipinski definition) is 5. The van der Waals surface area contributed by atoms with Crippen LogP contribution in [0.3, 0.4) is 0 Å². The van der Waals surface area contributed by atoms with Crippen molar-refractivity contribution in [2.75, 3.05) is 19.6 Å². The second-order valence-corrected chi connectivity index (χ2v) is 7.06. The van der Waals surface area contributed by atoms with Crippen LogP contribution >= 0.6 is 0 Å². The highest BCUT2D eigenvalue weighted by molar-refractivity contribution is 5.20. The fraction of sp³-hybridized carbons (Fsp3) is 0.556. The van der Waals surface area contributed by atoms with Gasteiger partial charge in [0.15, 0.2) is 0 Å². The first kappa shape index (κ1) is 16.2. The minimum absolute atomic E-state index is 0.0287. The van der Waals surface area contributed by atoms with Gasteiger partial charge in [-0.25, -0.2) is 14.5 Å². The van der Waals surface area contributed by atoms with Crippen molar-refractivity contribution < 1.29 is 0 Å². The van der Waals surface area contributed by atoms with Crippen LogP contribution < -0.4 is 11.2 Å². The third kappa shape index (κ3) is 3.56. The van der Waals surface area contributed by atoms with Crippen molar-refractivity contribution in [2.45, 2.75) is 38.8 Å². The maximum Gasteiger partial charge on any atom is 0.347 e. The molecule has 25 heavy (non-hydrogen) atoms. The van der Waals surface area contributed by atoms with Gasteiger partial charge in [0, 0.05) is 50.6 Å². The predicted octanol–water partition coefficient (Wildman–Crippen LogP) is 0.311. The van der Waals surface area contributed by atoms with Crippen LogP contribution in [0.5, 0.6) is 0 Å². The molecule has 1 aliphatic carbocycles. The van der Waals surface area contributed by atoms with Gasteiger partial charge in [0.05, 0.1) is 12.2 Å². The molecular formula is C18H23N5O2. The standard InChI is InChI=1S/C18H23N5O2/c24-17-10-15-4-1-2-5-16(15)20-23(17)13-14-11-21(12-14)8-9-22-7-3-6-19-18(22)25/h3,6-7,10,14H,1-2,4-5,8-9,11-13H2. The second-order valence-electron chi connectivity index (χ2n) is 7.06. The maximum absolute atomic E-state index is 12.2. The lowest BCUT2D eigenvalue weighted by molar-refractivity contribution is 0.0799. The summed E-state index contributed by atoms with van der Waals surface area (Å²) in [5.74, 6) is 0.456. The Labute approximate surface area is 145 Å². The van der Waals surface area contributed by atoms with Crippen molar-refractivity contribution in [1.82, 2.24) is 24.2 Å². The van der Waals surface area contributed by atoms with Gasteiger partial charge in [-0.3, -0.25) is 9.36 Å². The van der Waals surface area contributed by atoms with E-state index in [-0.39, 0.29) is 11.2 Å². The molecule has 0 spiro atoms. The molecular weight excluding hydrogens is 318 g/mol. The fourth-order valence-corrected chi connectivity index (χ4v) is 3.76. The molecule has 7 heteroatoms. The number of hydrogen-bond donors (Lipinski definition) is 0. The van der Waals surface area contributed by atoms with E-state index in [0.29, 0.717) is 19.0 Å². The molecule has 1 fully saturated rings. The van der Waals surface area contributed by atoms with E-state index in [1.165, 1.54) is 12.6 Å². The molecule has 1 aliphatic heterocycles. The van der Waals surface area contributed by atoms with Crippen molar-refractivity contribution in [2.24, 2.45) is 5.92 Å². The van der Waals surface area contributed by atoms with Gasteiger partial charge < -0.3 is 4.90 Å². The Morgan fingerprint density at radius 2 is 1.96 bits per heavy atom. The van der Waals surface area contributed by atoms with Crippen molar-refractivity contribution in [3.8, 4) is 0 Å². The van der Waals surface area contributed by atoms with Crippen LogP contribution in [0.25, 0.3) is 0 Å². The van der Waals surface area contributed by atoms with Crippen LogP contribution in [0.2, 0.25) is 0 Å². The minimum Gasteiger partial charge on any atom is -0.301 e. The summed E-state index contributed by atoms with van der Waals surface area (Å²) >= 11 is 0. The first-order chi connectivity index (χ1) is 12.2. The molecule has 0 unspecified atom stereocenters. The molecule has 2 aromatic rings. The van der Waals surface area contributed by atoms with E-state index in [1.54, 1.807) is 27.6 Å². The zero-order valence-corrected chi connectivity index (χ0v) is 14.3. The molecule has 132 valence electrons. The van der Waals surface area contributed by atoms with E-state index < -0.39 is 0 Å². The summed E-state index contributed by atoms with van der Waals surface area (Å²) in [6, 6.07) is 3.56. The summed E-state index contributed by atoms with van der Waals surface area (Å²) in [4.78, 5) is 29.9. The molecule has 0 N–H and O–H groups in total. The van der Waals surface area contributed by atoms with Gasteiger partial charge >= 0.3 is 5.69 Å². The van der Waals surface area contributed by atoms with Gasteiger partial charge in [0.1, 0.15) is 0 Å². The van der Waals surface area contributed by atoms with Crippen LogP contribution in [0, 0.1) is 5.92 Å². The summed E-state index contributed by atoms with van der Waals surface area (Å²) < 4.78 is 3.28. The number of likely N-dealkylation sites (tertiary alicyclic amines) is 1. The van der Waals surface area contributed by atoms with E-state index in [1.807, 2.05) is 0 Å². The van der Waals surface area contributed by atoms with E-state index in [0.717, 1.165) is 50.2 Å². The smallest absolute Gasteiger partial charge is 0.301 e. The largest absolute Gasteiger partial charge is 0.347 e. The van der Waals surface area contributed by atoms with Crippen molar-refractivity contribution in [3.05, 3.63) is 56.6 Å². The highest BCUT2D eigenvalue weighted by atomic mass is 16.1. The summed E-state index contributed by atoms with van der Waals surface area (Å²) in [5, 5.41) is 4.60. The lowest BCUT2D eigenvalue weighted by Crippen LogP contribution is -2.50. The Balaban J connectivity index is 1.31. The zero-order chi connectivity index (χ0) is 17.2. The SMILES string of the molecule is O=c1ncccn1CCN1CC(Cn2nc3c(cc2=O)CCCC3)C1. The number of nitrogens with zero attached hydrogens (tertiary/aromatic N) is 5. The summed E-state index contributed by atoms with van der Waals surface area (Å²) in [5.41, 5.74) is 2.08. The van der Waals surface area contributed by atoms with Crippen molar-refractivity contribution in [3.63, 3.8) is 0 Å². The first-order valence-electron chi connectivity index (χ1n) is 9.03. The van der Waals surface area contributed by atoms with E-state index >= 15 is 0 Å². The minimum atomic E-state index is -0.204. The molecule has 3 heterocycles. The highest BCUT2D eigenvalue weighted by Crippen LogP contribution is 2.19. The van der Waals surface area contributed by atoms with Crippen LogP contribution in [0.15, 0.2) is 34.1 Å². The lowest BCUT2D eigenvalue weighted by atomic mass is 9.96. The topological polar surface area (TPSA) is 73.0 Å². The van der Waals surface area contributed by atoms with Gasteiger partial charge in [0.25, 0.3) is 5.56 Å². The van der Waals surface area contributed by atoms with Gasteiger partial charge in [-0.05, 0) is 37.3 Å². The molecule has 2 aliphatic rings. The highest BCUT2D eigenvalue weighted by Gasteiger charge is 2.27. The van der Waals surface area contributed by atoms with Crippen LogP contribution in [-0.4, -0.2) is 43.9 Å². The van der Waals surface area contributed by atoms with E-state index in [4.69, 9.17) is 0 Å². The molecule has 4 rings (SSSR count). The number of rotatable bonds is 5. The molecule has 2 aromatic heterocycles. The molecule has 0 radical (unpaired) electrons. The molecule has 0 amide bonds. The Kier molecular flexibility index (Phi) is 4.48. The first-order valence-corrected chi connectivity index (χ1v) is 9.03. The van der Waals surface area contributed by atoms with E-state index in [9.17, 15) is 9.59 Å². The Morgan fingerprint density at radius 1 is 1.12 bits per heavy atom. The number of aromatic nitrogens is 4. The monoisotopic (exact) mass is 341 g/mol. The molecule has 1 saturated heterocycles. The average molecular weight is 341 g/mol. The zero-order valence-electron chi connectivity index (χ0n) is 14.3. The maximum atomic E-state index is 12.2. The summed E-state index contributed by atoms with van der Waals surface area (Å²) in [6.45, 7) is 4.06. The molecule has 0 saturated carbocycles. The van der Waals surface area contributed by atoms with Crippen molar-refractivity contribution >= 4 is 0 Å². The van der Waals surface area contributed by atoms with Gasteiger partial charge in [-0.15, -0.1) is 0 Å². The van der Waals surface area contributed by atoms with Crippen molar-refractivity contribution in [1.29, 1.82) is 0 Å². The molecule has 0 atom stereocenters. The Hall–Kier alpha value is -2.28. The molecule has 0 bridgehead atoms. The fourth-order valence-electron chi connectivity index (χ4n) is 3.76. The van der Waals surface area contributed by atoms with Gasteiger partial charge in [0.2, 0.25) is 0 Å². The summed E-state index contributed by atoms with van der Waals surface area (Å²) in [7, 11) is 0. The Morgan fingerprint density at radius 3 is 2.80 bits per heavy atom. The van der Waals surface area contributed by atoms with Gasteiger partial charge in [-0.2, -0.15) is 5.10 Å². The third-order valence-electron chi connectivity index (χ3n) is 5.18. The molecule has 7 nitrogen and oxygen atoms in total. The van der Waals surface area contributed by atoms with Gasteiger partial charge in [-0.1, -0.05) is 0 Å². The average Bonchev–Trinajstić information content (AvgIpc) is 2.58. The third-order valence-corrected chi connectivity index (χ3v) is 5.18.